The van der Waals surface area contributed by atoms with Gasteiger partial charge in [-0.3, -0.25) is 4.99 Å². The molecular weight excluding hydrogens is 463 g/mol. The monoisotopic (exact) mass is 483 g/mol. The van der Waals surface area contributed by atoms with Gasteiger partial charge in [-0.05, 0) is 31.5 Å². The van der Waals surface area contributed by atoms with Crippen LogP contribution in [0.3, 0.4) is 0 Å². The lowest BCUT2D eigenvalue weighted by Crippen LogP contribution is -2.39. The van der Waals surface area contributed by atoms with Gasteiger partial charge in [0.2, 0.25) is 0 Å². The molecule has 0 radical (unpaired) electrons. The van der Waals surface area contributed by atoms with Gasteiger partial charge in [0.25, 0.3) is 0 Å². The smallest absolute Gasteiger partial charge is 0.357 e. The van der Waals surface area contributed by atoms with Crippen LogP contribution in [0.1, 0.15) is 37.4 Å². The van der Waals surface area contributed by atoms with Gasteiger partial charge in [0, 0.05) is 6.54 Å². The fourth-order valence-corrected chi connectivity index (χ4v) is 1.89. The molecule has 0 aliphatic carbocycles. The minimum absolute atomic E-state index is 0. The van der Waals surface area contributed by atoms with Crippen molar-refractivity contribution in [2.45, 2.75) is 38.7 Å². The van der Waals surface area contributed by atoms with Gasteiger partial charge < -0.3 is 10.6 Å². The van der Waals surface area contributed by atoms with E-state index in [-0.39, 0.29) is 29.9 Å². The minimum atomic E-state index is -4.46. The van der Waals surface area contributed by atoms with Crippen molar-refractivity contribution in [2.75, 3.05) is 13.1 Å². The highest BCUT2D eigenvalue weighted by Crippen LogP contribution is 2.30. The number of guanidine groups is 1. The van der Waals surface area contributed by atoms with Gasteiger partial charge in [0.15, 0.2) is 5.96 Å². The van der Waals surface area contributed by atoms with Crippen LogP contribution in [0.2, 0.25) is 0 Å². The number of hydrogen-bond donors (Lipinski definition) is 2. The Morgan fingerprint density at radius 2 is 1.80 bits per heavy atom. The number of nitrogens with zero attached hydrogens (tertiary/aromatic N) is 1. The van der Waals surface area contributed by atoms with Crippen molar-refractivity contribution in [3.8, 4) is 0 Å². The molecule has 0 heterocycles. The maximum atomic E-state index is 12.7. The SMILES string of the molecule is CCNC(=NCCC(F)(F)F)NC(C)c1cccc(C(F)(F)F)c1.I. The standard InChI is InChI=1S/C15H19F6N3.HI/c1-3-22-13(23-8-7-14(16,17)18)24-10(2)11-5-4-6-12(9-11)15(19,20)21;/h4-6,9-10H,3,7-8H2,1-2H3,(H2,22,23,24);1H. The highest BCUT2D eigenvalue weighted by molar-refractivity contribution is 14.0. The fourth-order valence-electron chi connectivity index (χ4n) is 1.89. The van der Waals surface area contributed by atoms with Crippen molar-refractivity contribution < 1.29 is 26.3 Å². The number of halogens is 7. The summed E-state index contributed by atoms with van der Waals surface area (Å²) in [5, 5.41) is 5.57. The van der Waals surface area contributed by atoms with E-state index in [1.165, 1.54) is 12.1 Å². The van der Waals surface area contributed by atoms with Crippen LogP contribution < -0.4 is 10.6 Å². The van der Waals surface area contributed by atoms with Gasteiger partial charge in [-0.25, -0.2) is 0 Å². The van der Waals surface area contributed by atoms with E-state index in [9.17, 15) is 26.3 Å². The van der Waals surface area contributed by atoms with Crippen molar-refractivity contribution >= 4 is 29.9 Å². The Morgan fingerprint density at radius 3 is 2.32 bits per heavy atom. The van der Waals surface area contributed by atoms with Gasteiger partial charge in [-0.2, -0.15) is 26.3 Å². The summed E-state index contributed by atoms with van der Waals surface area (Å²) in [5.41, 5.74) is -0.432. The summed E-state index contributed by atoms with van der Waals surface area (Å²) < 4.78 is 74.7. The maximum absolute atomic E-state index is 12.7. The Kier molecular flexibility index (Phi) is 9.59. The number of alkyl halides is 6. The van der Waals surface area contributed by atoms with E-state index >= 15 is 0 Å². The topological polar surface area (TPSA) is 36.4 Å². The minimum Gasteiger partial charge on any atom is -0.357 e. The molecule has 0 aliphatic rings. The molecule has 0 bridgehead atoms. The largest absolute Gasteiger partial charge is 0.416 e. The van der Waals surface area contributed by atoms with Crippen LogP contribution in [0.5, 0.6) is 0 Å². The molecule has 0 aliphatic heterocycles. The molecule has 1 aromatic rings. The third-order valence-electron chi connectivity index (χ3n) is 3.08. The van der Waals surface area contributed by atoms with E-state index in [0.717, 1.165) is 12.1 Å². The first-order valence-corrected chi connectivity index (χ1v) is 7.31. The lowest BCUT2D eigenvalue weighted by Gasteiger charge is -2.19. The third-order valence-corrected chi connectivity index (χ3v) is 3.08. The predicted molar refractivity (Wildman–Crippen MR) is 95.1 cm³/mol. The molecule has 0 spiro atoms. The zero-order chi connectivity index (χ0) is 18.4. The van der Waals surface area contributed by atoms with Gasteiger partial charge in [-0.15, -0.1) is 24.0 Å². The summed E-state index contributed by atoms with van der Waals surface area (Å²) in [4.78, 5) is 3.79. The highest BCUT2D eigenvalue weighted by atomic mass is 127. The van der Waals surface area contributed by atoms with Crippen LogP contribution in [-0.2, 0) is 6.18 Å². The zero-order valence-corrected chi connectivity index (χ0v) is 16.0. The highest BCUT2D eigenvalue weighted by Gasteiger charge is 2.30. The Hall–Kier alpha value is -1.20. The van der Waals surface area contributed by atoms with E-state index in [2.05, 4.69) is 15.6 Å². The van der Waals surface area contributed by atoms with E-state index in [4.69, 9.17) is 0 Å². The number of nitrogens with one attached hydrogen (secondary N) is 2. The third kappa shape index (κ3) is 9.17. The average molecular weight is 483 g/mol. The molecule has 2 N–H and O–H groups in total. The first-order chi connectivity index (χ1) is 11.0. The molecule has 1 unspecified atom stereocenters. The summed E-state index contributed by atoms with van der Waals surface area (Å²) >= 11 is 0. The van der Waals surface area contributed by atoms with Crippen LogP contribution in [-0.4, -0.2) is 25.2 Å². The Bertz CT molecular complexity index is 557. The number of hydrogen-bond acceptors (Lipinski definition) is 1. The molecule has 3 nitrogen and oxygen atoms in total. The van der Waals surface area contributed by atoms with Crippen LogP contribution in [0, 0.1) is 0 Å². The molecule has 0 amide bonds. The lowest BCUT2D eigenvalue weighted by molar-refractivity contribution is -0.137. The fraction of sp³-hybridized carbons (Fsp3) is 0.533. The van der Waals surface area contributed by atoms with Crippen molar-refractivity contribution in [1.29, 1.82) is 0 Å². The van der Waals surface area contributed by atoms with E-state index < -0.39 is 36.9 Å². The second kappa shape index (κ2) is 10.1. The van der Waals surface area contributed by atoms with Crippen molar-refractivity contribution in [1.82, 2.24) is 10.6 Å². The van der Waals surface area contributed by atoms with Gasteiger partial charge in [0.1, 0.15) is 0 Å². The quantitative estimate of drug-likeness (QED) is 0.271. The van der Waals surface area contributed by atoms with Crippen LogP contribution in [0.25, 0.3) is 0 Å². The van der Waals surface area contributed by atoms with Gasteiger partial charge in [-0.1, -0.05) is 12.1 Å². The molecule has 0 aromatic heterocycles. The first kappa shape index (κ1) is 23.8. The second-order valence-corrected chi connectivity index (χ2v) is 5.12. The normalized spacial score (nSPS) is 13.8. The van der Waals surface area contributed by atoms with Gasteiger partial charge in [0.05, 0.1) is 24.6 Å². The Labute approximate surface area is 159 Å². The van der Waals surface area contributed by atoms with Crippen LogP contribution in [0.4, 0.5) is 26.3 Å². The number of benzene rings is 1. The van der Waals surface area contributed by atoms with Gasteiger partial charge >= 0.3 is 12.4 Å². The number of aliphatic imine (C=N–C) groups is 1. The first-order valence-electron chi connectivity index (χ1n) is 7.31. The summed E-state index contributed by atoms with van der Waals surface area (Å²) in [6.07, 6.45) is -9.84. The molecule has 144 valence electrons. The zero-order valence-electron chi connectivity index (χ0n) is 13.6. The molecular formula is C15H20F6IN3. The number of rotatable bonds is 5. The summed E-state index contributed by atoms with van der Waals surface area (Å²) in [6.45, 7) is 3.28. The van der Waals surface area contributed by atoms with Crippen molar-refractivity contribution in [3.05, 3.63) is 35.4 Å². The Balaban J connectivity index is 0.00000576. The molecule has 10 heteroatoms. The summed E-state index contributed by atoms with van der Waals surface area (Å²) in [7, 11) is 0. The van der Waals surface area contributed by atoms with Crippen LogP contribution in [0.15, 0.2) is 29.3 Å². The van der Waals surface area contributed by atoms with Crippen molar-refractivity contribution in [2.24, 2.45) is 4.99 Å². The molecule has 0 fully saturated rings. The molecule has 1 rings (SSSR count). The Morgan fingerprint density at radius 1 is 1.16 bits per heavy atom. The molecule has 0 saturated carbocycles. The predicted octanol–water partition coefficient (Wildman–Crippen LogP) is 4.89. The average Bonchev–Trinajstić information content (AvgIpc) is 2.45. The van der Waals surface area contributed by atoms with E-state index in [1.807, 2.05) is 0 Å². The second-order valence-electron chi connectivity index (χ2n) is 5.12. The summed E-state index contributed by atoms with van der Waals surface area (Å²) in [6, 6.07) is 4.18. The van der Waals surface area contributed by atoms with E-state index in [1.54, 1.807) is 13.8 Å². The molecule has 25 heavy (non-hydrogen) atoms. The maximum Gasteiger partial charge on any atom is 0.416 e. The van der Waals surface area contributed by atoms with E-state index in [0.29, 0.717) is 12.1 Å². The summed E-state index contributed by atoms with van der Waals surface area (Å²) in [5.74, 6) is 0.117. The molecule has 0 saturated heterocycles. The van der Waals surface area contributed by atoms with Crippen LogP contribution >= 0.6 is 24.0 Å². The van der Waals surface area contributed by atoms with Crippen molar-refractivity contribution in [3.63, 3.8) is 0 Å². The lowest BCUT2D eigenvalue weighted by atomic mass is 10.1. The molecule has 1 aromatic carbocycles. The molecule has 1 atom stereocenters.